The van der Waals surface area contributed by atoms with E-state index >= 15 is 0 Å². The molecule has 0 aliphatic carbocycles. The Morgan fingerprint density at radius 3 is 1.65 bits per heavy atom. The van der Waals surface area contributed by atoms with Gasteiger partial charge < -0.3 is 5.11 Å². The maximum absolute atomic E-state index is 10.8. The summed E-state index contributed by atoms with van der Waals surface area (Å²) in [4.78, 5) is 10.8. The van der Waals surface area contributed by atoms with Crippen LogP contribution in [0.2, 0.25) is 0 Å². The van der Waals surface area contributed by atoms with Gasteiger partial charge in [0.05, 0.1) is 16.9 Å². The summed E-state index contributed by atoms with van der Waals surface area (Å²) >= 11 is 0. The number of carboxylic acids is 1. The zero-order valence-corrected chi connectivity index (χ0v) is 12.3. The molecule has 0 atom stereocenters. The highest BCUT2D eigenvalue weighted by Gasteiger charge is 2.01. The molecule has 3 rings (SSSR count). The van der Waals surface area contributed by atoms with Gasteiger partial charge in [-0.25, -0.2) is 4.79 Å². The van der Waals surface area contributed by atoms with Gasteiger partial charge in [0.1, 0.15) is 0 Å². The SMILES string of the molecule is O=C(O)c1ccc(N=Nc2ccc(-c3ccccc3)cc2)cc1. The first-order valence-electron chi connectivity index (χ1n) is 7.13. The van der Waals surface area contributed by atoms with Gasteiger partial charge in [0.25, 0.3) is 0 Å². The summed E-state index contributed by atoms with van der Waals surface area (Å²) in [6, 6.07) is 24.2. The first-order chi connectivity index (χ1) is 11.2. The summed E-state index contributed by atoms with van der Waals surface area (Å²) < 4.78 is 0. The lowest BCUT2D eigenvalue weighted by Gasteiger charge is -2.01. The van der Waals surface area contributed by atoms with Gasteiger partial charge in [0, 0.05) is 0 Å². The number of carbonyl (C=O) groups is 1. The number of hydrogen-bond acceptors (Lipinski definition) is 3. The van der Waals surface area contributed by atoms with Crippen LogP contribution in [0.5, 0.6) is 0 Å². The van der Waals surface area contributed by atoms with Crippen molar-refractivity contribution in [2.24, 2.45) is 10.2 Å². The Balaban J connectivity index is 1.74. The topological polar surface area (TPSA) is 62.0 Å². The molecule has 3 aromatic rings. The predicted octanol–water partition coefficient (Wildman–Crippen LogP) is 5.47. The quantitative estimate of drug-likeness (QED) is 0.650. The molecule has 0 spiro atoms. The Hall–Kier alpha value is -3.27. The highest BCUT2D eigenvalue weighted by Crippen LogP contribution is 2.24. The van der Waals surface area contributed by atoms with Crippen LogP contribution in [0, 0.1) is 0 Å². The lowest BCUT2D eigenvalue weighted by atomic mass is 10.1. The molecule has 0 aliphatic heterocycles. The second-order valence-electron chi connectivity index (χ2n) is 4.96. The molecule has 0 amide bonds. The van der Waals surface area contributed by atoms with Crippen LogP contribution in [-0.4, -0.2) is 11.1 Å². The summed E-state index contributed by atoms with van der Waals surface area (Å²) in [5, 5.41) is 17.1. The molecule has 0 fully saturated rings. The maximum Gasteiger partial charge on any atom is 0.335 e. The van der Waals surface area contributed by atoms with Gasteiger partial charge in [-0.3, -0.25) is 0 Å². The zero-order valence-electron chi connectivity index (χ0n) is 12.3. The van der Waals surface area contributed by atoms with E-state index in [-0.39, 0.29) is 5.56 Å². The van der Waals surface area contributed by atoms with Gasteiger partial charge in [0.15, 0.2) is 0 Å². The van der Waals surface area contributed by atoms with Crippen molar-refractivity contribution in [1.29, 1.82) is 0 Å². The second-order valence-corrected chi connectivity index (χ2v) is 4.96. The molecule has 0 heterocycles. The van der Waals surface area contributed by atoms with E-state index in [1.54, 1.807) is 12.1 Å². The zero-order chi connectivity index (χ0) is 16.1. The van der Waals surface area contributed by atoms with E-state index in [9.17, 15) is 4.79 Å². The number of aromatic carboxylic acids is 1. The van der Waals surface area contributed by atoms with Crippen LogP contribution in [-0.2, 0) is 0 Å². The number of nitrogens with zero attached hydrogens (tertiary/aromatic N) is 2. The number of azo groups is 1. The van der Waals surface area contributed by atoms with Crippen LogP contribution in [0.1, 0.15) is 10.4 Å². The molecule has 112 valence electrons. The van der Waals surface area contributed by atoms with Crippen LogP contribution >= 0.6 is 0 Å². The minimum Gasteiger partial charge on any atom is -0.478 e. The van der Waals surface area contributed by atoms with Crippen molar-refractivity contribution in [3.63, 3.8) is 0 Å². The predicted molar refractivity (Wildman–Crippen MR) is 89.5 cm³/mol. The fraction of sp³-hybridized carbons (Fsp3) is 0. The molecule has 0 aliphatic rings. The average Bonchev–Trinajstić information content (AvgIpc) is 2.61. The van der Waals surface area contributed by atoms with Crippen molar-refractivity contribution in [3.05, 3.63) is 84.4 Å². The van der Waals surface area contributed by atoms with Crippen molar-refractivity contribution in [1.82, 2.24) is 0 Å². The lowest BCUT2D eigenvalue weighted by Crippen LogP contribution is -1.93. The van der Waals surface area contributed by atoms with Gasteiger partial charge >= 0.3 is 5.97 Å². The molecule has 0 radical (unpaired) electrons. The van der Waals surface area contributed by atoms with Gasteiger partial charge in [-0.05, 0) is 47.5 Å². The van der Waals surface area contributed by atoms with Crippen LogP contribution < -0.4 is 0 Å². The number of benzene rings is 3. The molecule has 0 aromatic heterocycles. The van der Waals surface area contributed by atoms with Crippen molar-refractivity contribution in [2.75, 3.05) is 0 Å². The summed E-state index contributed by atoms with van der Waals surface area (Å²) in [6.07, 6.45) is 0. The molecule has 23 heavy (non-hydrogen) atoms. The van der Waals surface area contributed by atoms with E-state index in [0.29, 0.717) is 5.69 Å². The van der Waals surface area contributed by atoms with E-state index in [1.807, 2.05) is 42.5 Å². The summed E-state index contributed by atoms with van der Waals surface area (Å²) in [7, 11) is 0. The molecule has 4 nitrogen and oxygen atoms in total. The van der Waals surface area contributed by atoms with Gasteiger partial charge in [-0.1, -0.05) is 42.5 Å². The van der Waals surface area contributed by atoms with E-state index in [2.05, 4.69) is 22.4 Å². The molecule has 0 saturated heterocycles. The standard InChI is InChI=1S/C19H14N2O2/c22-19(23)16-8-12-18(13-9-16)21-20-17-10-6-15(7-11-17)14-4-2-1-3-5-14/h1-13H,(H,22,23). The van der Waals surface area contributed by atoms with Crippen molar-refractivity contribution in [3.8, 4) is 11.1 Å². The average molecular weight is 302 g/mol. The molecular formula is C19H14N2O2. The normalized spacial score (nSPS) is 10.8. The van der Waals surface area contributed by atoms with Gasteiger partial charge in [-0.15, -0.1) is 0 Å². The maximum atomic E-state index is 10.8. The molecule has 1 N–H and O–H groups in total. The summed E-state index contributed by atoms with van der Waals surface area (Å²) in [5.41, 5.74) is 3.86. The Bertz CT molecular complexity index is 824. The van der Waals surface area contributed by atoms with Crippen molar-refractivity contribution >= 4 is 17.3 Å². The molecular weight excluding hydrogens is 288 g/mol. The Morgan fingerprint density at radius 1 is 0.652 bits per heavy atom. The van der Waals surface area contributed by atoms with E-state index in [0.717, 1.165) is 16.8 Å². The Kier molecular flexibility index (Phi) is 4.25. The highest BCUT2D eigenvalue weighted by molar-refractivity contribution is 5.87. The molecule has 0 saturated carbocycles. The molecule has 0 unspecified atom stereocenters. The second kappa shape index (κ2) is 6.66. The number of carboxylic acid groups (broad SMARTS) is 1. The van der Waals surface area contributed by atoms with E-state index < -0.39 is 5.97 Å². The third-order valence-corrected chi connectivity index (χ3v) is 3.37. The van der Waals surface area contributed by atoms with E-state index in [4.69, 9.17) is 5.11 Å². The van der Waals surface area contributed by atoms with Crippen LogP contribution in [0.3, 0.4) is 0 Å². The first kappa shape index (κ1) is 14.7. The van der Waals surface area contributed by atoms with Crippen LogP contribution in [0.15, 0.2) is 89.1 Å². The van der Waals surface area contributed by atoms with Crippen LogP contribution in [0.25, 0.3) is 11.1 Å². The smallest absolute Gasteiger partial charge is 0.335 e. The fourth-order valence-corrected chi connectivity index (χ4v) is 2.14. The highest BCUT2D eigenvalue weighted by atomic mass is 16.4. The van der Waals surface area contributed by atoms with Gasteiger partial charge in [-0.2, -0.15) is 10.2 Å². The molecule has 4 heteroatoms. The summed E-state index contributed by atoms with van der Waals surface area (Å²) in [5.74, 6) is -0.954. The largest absolute Gasteiger partial charge is 0.478 e. The Labute approximate surface area is 133 Å². The third-order valence-electron chi connectivity index (χ3n) is 3.37. The molecule has 0 bridgehead atoms. The van der Waals surface area contributed by atoms with Crippen LogP contribution in [0.4, 0.5) is 11.4 Å². The van der Waals surface area contributed by atoms with Crippen molar-refractivity contribution < 1.29 is 9.90 Å². The van der Waals surface area contributed by atoms with Gasteiger partial charge in [0.2, 0.25) is 0 Å². The Morgan fingerprint density at radius 2 is 1.13 bits per heavy atom. The lowest BCUT2D eigenvalue weighted by molar-refractivity contribution is 0.0697. The minimum atomic E-state index is -0.954. The monoisotopic (exact) mass is 302 g/mol. The minimum absolute atomic E-state index is 0.233. The first-order valence-corrected chi connectivity index (χ1v) is 7.13. The van der Waals surface area contributed by atoms with E-state index in [1.165, 1.54) is 12.1 Å². The van der Waals surface area contributed by atoms with Crippen molar-refractivity contribution in [2.45, 2.75) is 0 Å². The third kappa shape index (κ3) is 3.68. The molecule has 3 aromatic carbocycles. The summed E-state index contributed by atoms with van der Waals surface area (Å²) in [6.45, 7) is 0. The number of hydrogen-bond donors (Lipinski definition) is 1. The number of rotatable bonds is 4. The fourth-order valence-electron chi connectivity index (χ4n) is 2.14.